The normalized spacial score (nSPS) is 24.2. The van der Waals surface area contributed by atoms with Gasteiger partial charge in [-0.25, -0.2) is 4.39 Å². The SMILES string of the molecule is O=C(C1CCCC1)N(CC1CCN(Cc2ccccc2F)CC1)CC1CCCO1. The van der Waals surface area contributed by atoms with E-state index in [4.69, 9.17) is 4.74 Å². The van der Waals surface area contributed by atoms with Crippen molar-refractivity contribution in [2.75, 3.05) is 32.8 Å². The third-order valence-corrected chi connectivity index (χ3v) is 7.00. The van der Waals surface area contributed by atoms with Crippen molar-refractivity contribution in [3.8, 4) is 0 Å². The van der Waals surface area contributed by atoms with Crippen LogP contribution in [0.15, 0.2) is 24.3 Å². The van der Waals surface area contributed by atoms with E-state index in [1.807, 2.05) is 12.1 Å². The van der Waals surface area contributed by atoms with Crippen LogP contribution in [0.2, 0.25) is 0 Å². The van der Waals surface area contributed by atoms with Gasteiger partial charge in [0.25, 0.3) is 0 Å². The Morgan fingerprint density at radius 1 is 1.03 bits per heavy atom. The number of carbonyl (C=O) groups is 1. The molecule has 1 aromatic rings. The van der Waals surface area contributed by atoms with E-state index >= 15 is 0 Å². The summed E-state index contributed by atoms with van der Waals surface area (Å²) in [5, 5.41) is 0. The van der Waals surface area contributed by atoms with Gasteiger partial charge in [-0.15, -0.1) is 0 Å². The molecule has 3 aliphatic rings. The van der Waals surface area contributed by atoms with Crippen molar-refractivity contribution in [3.05, 3.63) is 35.6 Å². The summed E-state index contributed by atoms with van der Waals surface area (Å²) in [6, 6.07) is 7.07. The Labute approximate surface area is 174 Å². The van der Waals surface area contributed by atoms with Crippen molar-refractivity contribution in [1.82, 2.24) is 9.80 Å². The van der Waals surface area contributed by atoms with E-state index in [9.17, 15) is 9.18 Å². The van der Waals surface area contributed by atoms with E-state index in [-0.39, 0.29) is 17.8 Å². The second-order valence-corrected chi connectivity index (χ2v) is 9.17. The van der Waals surface area contributed by atoms with Crippen LogP contribution in [0.1, 0.15) is 56.9 Å². The number of ether oxygens (including phenoxy) is 1. The Bertz CT molecular complexity index is 663. The zero-order valence-corrected chi connectivity index (χ0v) is 17.5. The minimum absolute atomic E-state index is 0.112. The van der Waals surface area contributed by atoms with E-state index in [0.29, 0.717) is 18.4 Å². The summed E-state index contributed by atoms with van der Waals surface area (Å²) in [5.41, 5.74) is 0.780. The van der Waals surface area contributed by atoms with Crippen LogP contribution in [-0.2, 0) is 16.1 Å². The molecule has 1 atom stereocenters. The average Bonchev–Trinajstić information content (AvgIpc) is 3.44. The van der Waals surface area contributed by atoms with Gasteiger partial charge in [0.1, 0.15) is 5.82 Å². The molecule has 1 unspecified atom stereocenters. The predicted octanol–water partition coefficient (Wildman–Crippen LogP) is 4.24. The standard InChI is InChI=1S/C24H35FN2O2/c25-23-10-4-3-8-21(23)17-26-13-11-19(12-14-26)16-27(18-22-9-5-15-29-22)24(28)20-6-1-2-7-20/h3-4,8,10,19-20,22H,1-2,5-7,9,11-18H2. The Hall–Kier alpha value is -1.46. The summed E-state index contributed by atoms with van der Waals surface area (Å²) in [5.74, 6) is 1.03. The van der Waals surface area contributed by atoms with E-state index in [1.165, 1.54) is 12.8 Å². The summed E-state index contributed by atoms with van der Waals surface area (Å²) in [4.78, 5) is 17.7. The van der Waals surface area contributed by atoms with Gasteiger partial charge in [0, 0.05) is 37.7 Å². The molecular formula is C24H35FN2O2. The van der Waals surface area contributed by atoms with Gasteiger partial charge in [-0.3, -0.25) is 9.69 Å². The molecular weight excluding hydrogens is 367 g/mol. The Balaban J connectivity index is 1.30. The number of benzene rings is 1. The van der Waals surface area contributed by atoms with Gasteiger partial charge < -0.3 is 9.64 Å². The summed E-state index contributed by atoms with van der Waals surface area (Å²) >= 11 is 0. The lowest BCUT2D eigenvalue weighted by Crippen LogP contribution is -2.45. The molecule has 1 amide bonds. The number of halogens is 1. The van der Waals surface area contributed by atoms with Crippen LogP contribution in [0.4, 0.5) is 4.39 Å². The number of nitrogens with zero attached hydrogens (tertiary/aromatic N) is 2. The van der Waals surface area contributed by atoms with Gasteiger partial charge in [-0.2, -0.15) is 0 Å². The quantitative estimate of drug-likeness (QED) is 0.684. The first kappa shape index (κ1) is 20.8. The molecule has 29 heavy (non-hydrogen) atoms. The highest BCUT2D eigenvalue weighted by Crippen LogP contribution is 2.29. The summed E-state index contributed by atoms with van der Waals surface area (Å²) < 4.78 is 19.8. The van der Waals surface area contributed by atoms with Gasteiger partial charge in [0.15, 0.2) is 0 Å². The minimum atomic E-state index is -0.112. The van der Waals surface area contributed by atoms with Crippen LogP contribution in [0, 0.1) is 17.7 Å². The molecule has 0 bridgehead atoms. The lowest BCUT2D eigenvalue weighted by Gasteiger charge is -2.36. The first-order valence-corrected chi connectivity index (χ1v) is 11.5. The molecule has 1 aliphatic carbocycles. The molecule has 2 heterocycles. The van der Waals surface area contributed by atoms with Crippen LogP contribution >= 0.6 is 0 Å². The van der Waals surface area contributed by atoms with Gasteiger partial charge >= 0.3 is 0 Å². The van der Waals surface area contributed by atoms with Crippen LogP contribution in [-0.4, -0.2) is 54.6 Å². The number of carbonyl (C=O) groups excluding carboxylic acids is 1. The Morgan fingerprint density at radius 3 is 2.48 bits per heavy atom. The molecule has 1 aromatic carbocycles. The van der Waals surface area contributed by atoms with Crippen molar-refractivity contribution >= 4 is 5.91 Å². The number of likely N-dealkylation sites (tertiary alicyclic amines) is 1. The maximum absolute atomic E-state index is 13.9. The maximum atomic E-state index is 13.9. The van der Waals surface area contributed by atoms with E-state index in [2.05, 4.69) is 9.80 Å². The zero-order chi connectivity index (χ0) is 20.1. The molecule has 0 aromatic heterocycles. The lowest BCUT2D eigenvalue weighted by molar-refractivity contribution is -0.138. The molecule has 4 nitrogen and oxygen atoms in total. The summed E-state index contributed by atoms with van der Waals surface area (Å²) in [6.45, 7) is 5.10. The number of hydrogen-bond acceptors (Lipinski definition) is 3. The monoisotopic (exact) mass is 402 g/mol. The summed E-state index contributed by atoms with van der Waals surface area (Å²) in [7, 11) is 0. The van der Waals surface area contributed by atoms with Crippen molar-refractivity contribution < 1.29 is 13.9 Å². The van der Waals surface area contributed by atoms with Crippen LogP contribution < -0.4 is 0 Å². The third kappa shape index (κ3) is 5.58. The lowest BCUT2D eigenvalue weighted by atomic mass is 9.94. The number of piperidine rings is 1. The van der Waals surface area contributed by atoms with Gasteiger partial charge in [0.05, 0.1) is 6.10 Å². The van der Waals surface area contributed by atoms with Crippen molar-refractivity contribution in [2.24, 2.45) is 11.8 Å². The van der Waals surface area contributed by atoms with Gasteiger partial charge in [0.2, 0.25) is 5.91 Å². The van der Waals surface area contributed by atoms with Crippen LogP contribution in [0.5, 0.6) is 0 Å². The second kappa shape index (κ2) is 10.0. The molecule has 0 N–H and O–H groups in total. The fourth-order valence-electron chi connectivity index (χ4n) is 5.23. The molecule has 2 saturated heterocycles. The van der Waals surface area contributed by atoms with Crippen molar-refractivity contribution in [1.29, 1.82) is 0 Å². The molecule has 5 heteroatoms. The fraction of sp³-hybridized carbons (Fsp3) is 0.708. The van der Waals surface area contributed by atoms with E-state index in [0.717, 1.165) is 76.9 Å². The maximum Gasteiger partial charge on any atom is 0.225 e. The van der Waals surface area contributed by atoms with Gasteiger partial charge in [-0.05, 0) is 63.6 Å². The molecule has 2 aliphatic heterocycles. The van der Waals surface area contributed by atoms with Crippen molar-refractivity contribution in [2.45, 2.75) is 64.0 Å². The zero-order valence-electron chi connectivity index (χ0n) is 17.5. The van der Waals surface area contributed by atoms with E-state index in [1.54, 1.807) is 12.1 Å². The smallest absolute Gasteiger partial charge is 0.225 e. The second-order valence-electron chi connectivity index (χ2n) is 9.17. The molecule has 3 fully saturated rings. The third-order valence-electron chi connectivity index (χ3n) is 7.00. The largest absolute Gasteiger partial charge is 0.376 e. The number of rotatable bonds is 7. The minimum Gasteiger partial charge on any atom is -0.376 e. The molecule has 160 valence electrons. The Morgan fingerprint density at radius 2 is 1.79 bits per heavy atom. The predicted molar refractivity (Wildman–Crippen MR) is 112 cm³/mol. The average molecular weight is 403 g/mol. The highest BCUT2D eigenvalue weighted by atomic mass is 19.1. The topological polar surface area (TPSA) is 32.8 Å². The number of hydrogen-bond donors (Lipinski definition) is 0. The van der Waals surface area contributed by atoms with E-state index < -0.39 is 0 Å². The molecule has 0 radical (unpaired) electrons. The molecule has 1 saturated carbocycles. The highest BCUT2D eigenvalue weighted by Gasteiger charge is 2.32. The number of amides is 1. The fourth-order valence-corrected chi connectivity index (χ4v) is 5.23. The van der Waals surface area contributed by atoms with Gasteiger partial charge in [-0.1, -0.05) is 31.0 Å². The van der Waals surface area contributed by atoms with Crippen LogP contribution in [0.25, 0.3) is 0 Å². The first-order valence-electron chi connectivity index (χ1n) is 11.5. The Kier molecular flexibility index (Phi) is 7.20. The highest BCUT2D eigenvalue weighted by molar-refractivity contribution is 5.79. The van der Waals surface area contributed by atoms with Crippen molar-refractivity contribution in [3.63, 3.8) is 0 Å². The molecule has 0 spiro atoms. The first-order chi connectivity index (χ1) is 14.2. The summed E-state index contributed by atoms with van der Waals surface area (Å²) in [6.07, 6.45) is 9.07. The van der Waals surface area contributed by atoms with Crippen LogP contribution in [0.3, 0.4) is 0 Å². The molecule has 4 rings (SSSR count).